The molecule has 1 aliphatic rings. The van der Waals surface area contributed by atoms with Gasteiger partial charge in [-0.25, -0.2) is 8.42 Å². The Kier molecular flexibility index (Phi) is 3.43. The molecule has 3 rings (SSSR count). The van der Waals surface area contributed by atoms with Crippen LogP contribution in [0, 0.1) is 0 Å². The molecule has 0 atom stereocenters. The van der Waals surface area contributed by atoms with Gasteiger partial charge in [0, 0.05) is 16.7 Å². The van der Waals surface area contributed by atoms with Crippen LogP contribution in [0.5, 0.6) is 0 Å². The zero-order chi connectivity index (χ0) is 14.2. The number of sulfonamides is 1. The molecule has 0 bridgehead atoms. The van der Waals surface area contributed by atoms with E-state index in [1.165, 1.54) is 0 Å². The molecule has 0 spiro atoms. The van der Waals surface area contributed by atoms with Gasteiger partial charge in [-0.3, -0.25) is 4.72 Å². The molecule has 0 unspecified atom stereocenters. The molecule has 2 aromatic rings. The summed E-state index contributed by atoms with van der Waals surface area (Å²) in [5.41, 5.74) is 2.59. The number of halogens is 1. The van der Waals surface area contributed by atoms with E-state index >= 15 is 0 Å². The summed E-state index contributed by atoms with van der Waals surface area (Å²) < 4.78 is 28.1. The van der Waals surface area contributed by atoms with E-state index in [0.717, 1.165) is 24.2 Å². The Balaban J connectivity index is 1.94. The minimum absolute atomic E-state index is 0.265. The topological polar surface area (TPSA) is 58.2 Å². The minimum Gasteiger partial charge on any atom is -0.384 e. The van der Waals surface area contributed by atoms with E-state index in [1.807, 2.05) is 12.1 Å². The normalized spacial score (nSPS) is 13.7. The van der Waals surface area contributed by atoms with Crippen LogP contribution in [-0.2, 0) is 16.4 Å². The van der Waals surface area contributed by atoms with Crippen molar-refractivity contribution in [2.75, 3.05) is 16.6 Å². The summed E-state index contributed by atoms with van der Waals surface area (Å²) in [5.74, 6) is 0. The van der Waals surface area contributed by atoms with E-state index in [1.54, 1.807) is 30.3 Å². The van der Waals surface area contributed by atoms with Crippen LogP contribution in [0.3, 0.4) is 0 Å². The number of hydrogen-bond donors (Lipinski definition) is 2. The van der Waals surface area contributed by atoms with E-state index in [4.69, 9.17) is 0 Å². The number of nitrogens with one attached hydrogen (secondary N) is 2. The van der Waals surface area contributed by atoms with Gasteiger partial charge < -0.3 is 5.32 Å². The number of rotatable bonds is 3. The van der Waals surface area contributed by atoms with Crippen molar-refractivity contribution < 1.29 is 8.42 Å². The smallest absolute Gasteiger partial charge is 0.262 e. The summed E-state index contributed by atoms with van der Waals surface area (Å²) in [4.78, 5) is 0.265. The van der Waals surface area contributed by atoms with Gasteiger partial charge in [0.1, 0.15) is 0 Å². The Morgan fingerprint density at radius 3 is 2.75 bits per heavy atom. The maximum absolute atomic E-state index is 12.4. The van der Waals surface area contributed by atoms with E-state index < -0.39 is 10.0 Å². The van der Waals surface area contributed by atoms with Gasteiger partial charge in [0.2, 0.25) is 0 Å². The third-order valence-corrected chi connectivity index (χ3v) is 5.27. The summed E-state index contributed by atoms with van der Waals surface area (Å²) in [6.07, 6.45) is 0.938. The lowest BCUT2D eigenvalue weighted by molar-refractivity contribution is 0.601. The second kappa shape index (κ2) is 5.10. The maximum atomic E-state index is 12.4. The first-order valence-electron chi connectivity index (χ1n) is 6.20. The molecular formula is C14H13BrN2O2S. The van der Waals surface area contributed by atoms with Crippen molar-refractivity contribution in [3.8, 4) is 0 Å². The van der Waals surface area contributed by atoms with Crippen molar-refractivity contribution in [2.45, 2.75) is 11.3 Å². The molecule has 4 nitrogen and oxygen atoms in total. The highest BCUT2D eigenvalue weighted by molar-refractivity contribution is 9.10. The van der Waals surface area contributed by atoms with Crippen LogP contribution in [0.25, 0.3) is 0 Å². The van der Waals surface area contributed by atoms with Gasteiger partial charge in [-0.2, -0.15) is 0 Å². The van der Waals surface area contributed by atoms with E-state index in [0.29, 0.717) is 10.2 Å². The summed E-state index contributed by atoms with van der Waals surface area (Å²) in [6.45, 7) is 0.858. The standard InChI is InChI=1S/C14H13BrN2O2S/c15-12-3-1-2-4-13(12)17-20(18,19)11-6-5-10-7-8-16-14(10)9-11/h1-6,9,16-17H,7-8H2. The summed E-state index contributed by atoms with van der Waals surface area (Å²) in [6, 6.07) is 12.3. The molecule has 0 aliphatic carbocycles. The zero-order valence-electron chi connectivity index (χ0n) is 10.6. The number of fused-ring (bicyclic) bond motifs is 1. The minimum atomic E-state index is -3.58. The molecule has 2 aromatic carbocycles. The quantitative estimate of drug-likeness (QED) is 0.891. The average molecular weight is 353 g/mol. The number of hydrogen-bond acceptors (Lipinski definition) is 3. The highest BCUT2D eigenvalue weighted by Gasteiger charge is 2.19. The predicted octanol–water partition coefficient (Wildman–Crippen LogP) is 3.22. The van der Waals surface area contributed by atoms with Crippen LogP contribution in [0.2, 0.25) is 0 Å². The SMILES string of the molecule is O=S(=O)(Nc1ccccc1Br)c1ccc2c(c1)NCC2. The molecule has 0 aromatic heterocycles. The third kappa shape index (κ3) is 2.53. The Labute approximate surface area is 126 Å². The van der Waals surface area contributed by atoms with Crippen molar-refractivity contribution in [2.24, 2.45) is 0 Å². The molecule has 0 fully saturated rings. The molecule has 1 heterocycles. The van der Waals surface area contributed by atoms with Gasteiger partial charge in [0.25, 0.3) is 10.0 Å². The monoisotopic (exact) mass is 352 g/mol. The molecule has 20 heavy (non-hydrogen) atoms. The second-order valence-corrected chi connectivity index (χ2v) is 7.12. The van der Waals surface area contributed by atoms with Crippen LogP contribution in [0.1, 0.15) is 5.56 Å². The van der Waals surface area contributed by atoms with Crippen LogP contribution < -0.4 is 10.0 Å². The Morgan fingerprint density at radius 2 is 1.95 bits per heavy atom. The van der Waals surface area contributed by atoms with Gasteiger partial charge in [-0.05, 0) is 52.2 Å². The zero-order valence-corrected chi connectivity index (χ0v) is 13.0. The lowest BCUT2D eigenvalue weighted by Crippen LogP contribution is -2.13. The Morgan fingerprint density at radius 1 is 1.15 bits per heavy atom. The lowest BCUT2D eigenvalue weighted by atomic mass is 10.2. The van der Waals surface area contributed by atoms with Gasteiger partial charge >= 0.3 is 0 Å². The van der Waals surface area contributed by atoms with Gasteiger partial charge in [-0.1, -0.05) is 18.2 Å². The molecule has 104 valence electrons. The number of benzene rings is 2. The molecule has 0 saturated carbocycles. The summed E-state index contributed by atoms with van der Waals surface area (Å²) >= 11 is 3.33. The van der Waals surface area contributed by atoms with E-state index in [9.17, 15) is 8.42 Å². The van der Waals surface area contributed by atoms with Crippen molar-refractivity contribution in [1.82, 2.24) is 0 Å². The van der Waals surface area contributed by atoms with Crippen molar-refractivity contribution in [3.63, 3.8) is 0 Å². The molecule has 0 amide bonds. The van der Waals surface area contributed by atoms with Crippen molar-refractivity contribution >= 4 is 37.3 Å². The summed E-state index contributed by atoms with van der Waals surface area (Å²) in [7, 11) is -3.58. The predicted molar refractivity (Wildman–Crippen MR) is 83.6 cm³/mol. The fourth-order valence-electron chi connectivity index (χ4n) is 2.18. The molecule has 0 radical (unpaired) electrons. The fourth-order valence-corrected chi connectivity index (χ4v) is 3.81. The van der Waals surface area contributed by atoms with Crippen molar-refractivity contribution in [1.29, 1.82) is 0 Å². The number of anilines is 2. The average Bonchev–Trinajstić information content (AvgIpc) is 2.88. The Hall–Kier alpha value is -1.53. The molecular weight excluding hydrogens is 340 g/mol. The maximum Gasteiger partial charge on any atom is 0.262 e. The summed E-state index contributed by atoms with van der Waals surface area (Å²) in [5, 5.41) is 3.19. The fraction of sp³-hybridized carbons (Fsp3) is 0.143. The van der Waals surface area contributed by atoms with Crippen LogP contribution in [0.15, 0.2) is 51.8 Å². The molecule has 1 aliphatic heterocycles. The lowest BCUT2D eigenvalue weighted by Gasteiger charge is -2.10. The molecule has 6 heteroatoms. The highest BCUT2D eigenvalue weighted by atomic mass is 79.9. The third-order valence-electron chi connectivity index (χ3n) is 3.22. The van der Waals surface area contributed by atoms with E-state index in [2.05, 4.69) is 26.0 Å². The first-order valence-corrected chi connectivity index (χ1v) is 8.48. The van der Waals surface area contributed by atoms with Crippen LogP contribution in [0.4, 0.5) is 11.4 Å². The van der Waals surface area contributed by atoms with Gasteiger partial charge in [0.05, 0.1) is 10.6 Å². The Bertz CT molecular complexity index is 760. The first kappa shape index (κ1) is 13.5. The van der Waals surface area contributed by atoms with Gasteiger partial charge in [0.15, 0.2) is 0 Å². The van der Waals surface area contributed by atoms with E-state index in [-0.39, 0.29) is 4.90 Å². The molecule has 0 saturated heterocycles. The van der Waals surface area contributed by atoms with Crippen LogP contribution in [-0.4, -0.2) is 15.0 Å². The van der Waals surface area contributed by atoms with Gasteiger partial charge in [-0.15, -0.1) is 0 Å². The second-order valence-electron chi connectivity index (χ2n) is 4.58. The largest absolute Gasteiger partial charge is 0.384 e. The van der Waals surface area contributed by atoms with Crippen LogP contribution >= 0.6 is 15.9 Å². The highest BCUT2D eigenvalue weighted by Crippen LogP contribution is 2.28. The first-order chi connectivity index (χ1) is 9.56. The van der Waals surface area contributed by atoms with Crippen molar-refractivity contribution in [3.05, 3.63) is 52.5 Å². The number of para-hydroxylation sites is 1. The molecule has 2 N–H and O–H groups in total.